The maximum absolute atomic E-state index is 13.0. The van der Waals surface area contributed by atoms with Crippen molar-refractivity contribution in [1.82, 2.24) is 5.32 Å². The Morgan fingerprint density at radius 1 is 1.35 bits per heavy atom. The summed E-state index contributed by atoms with van der Waals surface area (Å²) in [5.41, 5.74) is 0.272. The van der Waals surface area contributed by atoms with Crippen LogP contribution in [0.15, 0.2) is 30.9 Å². The zero-order valence-corrected chi connectivity index (χ0v) is 10.7. The van der Waals surface area contributed by atoms with Gasteiger partial charge in [-0.2, -0.15) is 0 Å². The smallest absolute Gasteiger partial charge is 0.326 e. The van der Waals surface area contributed by atoms with Crippen molar-refractivity contribution in [2.75, 3.05) is 0 Å². The molecule has 0 aliphatic carbocycles. The Bertz CT molecular complexity index is 517. The van der Waals surface area contributed by atoms with Gasteiger partial charge in [0.05, 0.1) is 6.42 Å². The molecule has 6 heteroatoms. The number of benzene rings is 1. The van der Waals surface area contributed by atoms with Crippen LogP contribution in [0.4, 0.5) is 8.78 Å². The second kappa shape index (κ2) is 7.37. The third-order valence-electron chi connectivity index (χ3n) is 2.64. The largest absolute Gasteiger partial charge is 0.480 e. The first-order valence-electron chi connectivity index (χ1n) is 6.01. The zero-order valence-electron chi connectivity index (χ0n) is 10.7. The van der Waals surface area contributed by atoms with Crippen LogP contribution in [-0.4, -0.2) is 23.0 Å². The third kappa shape index (κ3) is 4.79. The fraction of sp³-hybridized carbons (Fsp3) is 0.286. The van der Waals surface area contributed by atoms with Crippen LogP contribution in [0.2, 0.25) is 0 Å². The number of allylic oxidation sites excluding steroid dienone is 1. The molecule has 4 nitrogen and oxygen atoms in total. The first-order chi connectivity index (χ1) is 9.43. The summed E-state index contributed by atoms with van der Waals surface area (Å²) < 4.78 is 25.7. The second-order valence-electron chi connectivity index (χ2n) is 4.25. The lowest BCUT2D eigenvalue weighted by atomic mass is 10.1. The number of carbonyl (C=O) groups excluding carboxylic acids is 1. The first kappa shape index (κ1) is 15.8. The van der Waals surface area contributed by atoms with Crippen LogP contribution in [-0.2, 0) is 16.0 Å². The molecule has 1 rings (SSSR count). The molecule has 0 fully saturated rings. The lowest BCUT2D eigenvalue weighted by Crippen LogP contribution is -2.41. The van der Waals surface area contributed by atoms with Crippen LogP contribution < -0.4 is 5.32 Å². The standard InChI is InChI=1S/C14H15F2NO3/c1-2-3-4-12(14(19)20)17-13(18)8-9-5-6-10(15)11(16)7-9/h2,5-7,12H,1,3-4,8H2,(H,17,18)(H,19,20). The van der Waals surface area contributed by atoms with E-state index in [2.05, 4.69) is 11.9 Å². The number of halogens is 2. The summed E-state index contributed by atoms with van der Waals surface area (Å²) in [7, 11) is 0. The van der Waals surface area contributed by atoms with E-state index in [9.17, 15) is 18.4 Å². The van der Waals surface area contributed by atoms with Crippen molar-refractivity contribution in [3.05, 3.63) is 48.1 Å². The van der Waals surface area contributed by atoms with E-state index < -0.39 is 29.6 Å². The molecule has 1 atom stereocenters. The summed E-state index contributed by atoms with van der Waals surface area (Å²) in [6.07, 6.45) is 2.01. The van der Waals surface area contributed by atoms with E-state index in [0.717, 1.165) is 12.1 Å². The normalized spacial score (nSPS) is 11.7. The van der Waals surface area contributed by atoms with Crippen molar-refractivity contribution < 1.29 is 23.5 Å². The molecule has 1 amide bonds. The maximum atomic E-state index is 13.0. The zero-order chi connectivity index (χ0) is 15.1. The molecular formula is C14H15F2NO3. The average molecular weight is 283 g/mol. The summed E-state index contributed by atoms with van der Waals surface area (Å²) in [6, 6.07) is 2.09. The highest BCUT2D eigenvalue weighted by Gasteiger charge is 2.19. The molecule has 20 heavy (non-hydrogen) atoms. The second-order valence-corrected chi connectivity index (χ2v) is 4.25. The van der Waals surface area contributed by atoms with E-state index in [1.807, 2.05) is 0 Å². The van der Waals surface area contributed by atoms with Gasteiger partial charge < -0.3 is 10.4 Å². The number of rotatable bonds is 7. The number of amides is 1. The van der Waals surface area contributed by atoms with E-state index in [0.29, 0.717) is 6.42 Å². The molecule has 0 aliphatic heterocycles. The predicted molar refractivity (Wildman–Crippen MR) is 69.1 cm³/mol. The van der Waals surface area contributed by atoms with Gasteiger partial charge in [0.25, 0.3) is 0 Å². The lowest BCUT2D eigenvalue weighted by Gasteiger charge is -2.13. The monoisotopic (exact) mass is 283 g/mol. The minimum absolute atomic E-state index is 0.213. The van der Waals surface area contributed by atoms with E-state index in [1.54, 1.807) is 6.08 Å². The number of carboxylic acids is 1. The number of nitrogens with one attached hydrogen (secondary N) is 1. The molecule has 0 heterocycles. The molecule has 1 unspecified atom stereocenters. The molecule has 0 aliphatic rings. The van der Waals surface area contributed by atoms with Crippen LogP contribution in [0.25, 0.3) is 0 Å². The van der Waals surface area contributed by atoms with Crippen LogP contribution in [0, 0.1) is 11.6 Å². The molecule has 2 N–H and O–H groups in total. The molecule has 0 bridgehead atoms. The van der Waals surface area contributed by atoms with Crippen molar-refractivity contribution in [2.24, 2.45) is 0 Å². The summed E-state index contributed by atoms with van der Waals surface area (Å²) in [6.45, 7) is 3.47. The average Bonchev–Trinajstić information content (AvgIpc) is 2.38. The molecule has 0 saturated carbocycles. The molecule has 0 radical (unpaired) electrons. The number of aliphatic carboxylic acids is 1. The van der Waals surface area contributed by atoms with Crippen molar-refractivity contribution in [1.29, 1.82) is 0 Å². The van der Waals surface area contributed by atoms with Crippen molar-refractivity contribution in [2.45, 2.75) is 25.3 Å². The van der Waals surface area contributed by atoms with Crippen LogP contribution in [0.5, 0.6) is 0 Å². The van der Waals surface area contributed by atoms with Crippen molar-refractivity contribution >= 4 is 11.9 Å². The van der Waals surface area contributed by atoms with Crippen LogP contribution >= 0.6 is 0 Å². The number of hydrogen-bond acceptors (Lipinski definition) is 2. The van der Waals surface area contributed by atoms with Gasteiger partial charge in [-0.1, -0.05) is 12.1 Å². The van der Waals surface area contributed by atoms with Gasteiger partial charge in [0.1, 0.15) is 6.04 Å². The van der Waals surface area contributed by atoms with Gasteiger partial charge in [0, 0.05) is 0 Å². The Morgan fingerprint density at radius 2 is 2.05 bits per heavy atom. The molecule has 1 aromatic carbocycles. The van der Waals surface area contributed by atoms with Gasteiger partial charge in [-0.05, 0) is 30.5 Å². The highest BCUT2D eigenvalue weighted by Crippen LogP contribution is 2.09. The molecular weight excluding hydrogens is 268 g/mol. The number of carboxylic acid groups (broad SMARTS) is 1. The SMILES string of the molecule is C=CCCC(NC(=O)Cc1ccc(F)c(F)c1)C(=O)O. The predicted octanol–water partition coefficient (Wildman–Crippen LogP) is 2.04. The first-order valence-corrected chi connectivity index (χ1v) is 6.01. The highest BCUT2D eigenvalue weighted by molar-refractivity contribution is 5.84. The fourth-order valence-electron chi connectivity index (χ4n) is 1.62. The van der Waals surface area contributed by atoms with Crippen LogP contribution in [0.3, 0.4) is 0 Å². The van der Waals surface area contributed by atoms with Gasteiger partial charge in [0.2, 0.25) is 5.91 Å². The number of carbonyl (C=O) groups is 2. The van der Waals surface area contributed by atoms with E-state index in [1.165, 1.54) is 6.07 Å². The molecule has 0 saturated heterocycles. The lowest BCUT2D eigenvalue weighted by molar-refractivity contribution is -0.141. The minimum Gasteiger partial charge on any atom is -0.480 e. The van der Waals surface area contributed by atoms with Gasteiger partial charge in [-0.25, -0.2) is 13.6 Å². The molecule has 0 aromatic heterocycles. The van der Waals surface area contributed by atoms with Gasteiger partial charge >= 0.3 is 5.97 Å². The van der Waals surface area contributed by atoms with Crippen molar-refractivity contribution in [3.8, 4) is 0 Å². The summed E-state index contributed by atoms with van der Waals surface area (Å²) >= 11 is 0. The Morgan fingerprint density at radius 3 is 2.60 bits per heavy atom. The molecule has 1 aromatic rings. The highest BCUT2D eigenvalue weighted by atomic mass is 19.2. The van der Waals surface area contributed by atoms with Gasteiger partial charge in [-0.15, -0.1) is 6.58 Å². The van der Waals surface area contributed by atoms with E-state index in [4.69, 9.17) is 5.11 Å². The Balaban J connectivity index is 2.62. The maximum Gasteiger partial charge on any atom is 0.326 e. The third-order valence-corrected chi connectivity index (χ3v) is 2.64. The van der Waals surface area contributed by atoms with E-state index in [-0.39, 0.29) is 18.4 Å². The fourth-order valence-corrected chi connectivity index (χ4v) is 1.62. The Labute approximate surface area is 115 Å². The molecule has 0 spiro atoms. The summed E-state index contributed by atoms with van der Waals surface area (Å²) in [5, 5.41) is 11.3. The quantitative estimate of drug-likeness (QED) is 0.753. The van der Waals surface area contributed by atoms with Gasteiger partial charge in [0.15, 0.2) is 11.6 Å². The summed E-state index contributed by atoms with van der Waals surface area (Å²) in [4.78, 5) is 22.6. The topological polar surface area (TPSA) is 66.4 Å². The number of hydrogen-bond donors (Lipinski definition) is 2. The molecule has 108 valence electrons. The van der Waals surface area contributed by atoms with E-state index >= 15 is 0 Å². The van der Waals surface area contributed by atoms with Gasteiger partial charge in [-0.3, -0.25) is 4.79 Å². The minimum atomic E-state index is -1.15. The van der Waals surface area contributed by atoms with Crippen molar-refractivity contribution in [3.63, 3.8) is 0 Å². The summed E-state index contributed by atoms with van der Waals surface area (Å²) in [5.74, 6) is -3.75. The van der Waals surface area contributed by atoms with Crippen LogP contribution in [0.1, 0.15) is 18.4 Å². The Kier molecular flexibility index (Phi) is 5.83. The Hall–Kier alpha value is -2.24.